The molecule has 0 fully saturated rings. The van der Waals surface area contributed by atoms with Gasteiger partial charge in [0.15, 0.2) is 0 Å². The summed E-state index contributed by atoms with van der Waals surface area (Å²) in [6.45, 7) is 11.1. The molecule has 1 amide bonds. The zero-order valence-electron chi connectivity index (χ0n) is 20.8. The van der Waals surface area contributed by atoms with Gasteiger partial charge in [-0.25, -0.2) is 9.18 Å². The van der Waals surface area contributed by atoms with E-state index >= 15 is 4.39 Å². The number of ether oxygens (including phenoxy) is 1. The smallest absolute Gasteiger partial charge is 0.410 e. The average Bonchev–Trinajstić information content (AvgIpc) is 3.00. The van der Waals surface area contributed by atoms with E-state index in [1.54, 1.807) is 29.3 Å². The number of allylic oxidation sites excluding steroid dienone is 1. The van der Waals surface area contributed by atoms with Crippen LogP contribution in [-0.4, -0.2) is 58.7 Å². The van der Waals surface area contributed by atoms with Gasteiger partial charge in [0.1, 0.15) is 11.4 Å². The van der Waals surface area contributed by atoms with Crippen LogP contribution in [0, 0.1) is 5.41 Å². The van der Waals surface area contributed by atoms with E-state index in [9.17, 15) is 4.79 Å². The number of pyridine rings is 1. The number of nitrogens with one attached hydrogen (secondary N) is 1. The van der Waals surface area contributed by atoms with Crippen LogP contribution < -0.4 is 5.32 Å². The fourth-order valence-electron chi connectivity index (χ4n) is 5.63. The van der Waals surface area contributed by atoms with Crippen molar-refractivity contribution in [2.24, 2.45) is 5.41 Å². The Kier molecular flexibility index (Phi) is 5.15. The minimum absolute atomic E-state index is 0.0470. The summed E-state index contributed by atoms with van der Waals surface area (Å²) < 4.78 is 20.7. The highest BCUT2D eigenvalue weighted by atomic mass is 19.1. The third kappa shape index (κ3) is 3.81. The van der Waals surface area contributed by atoms with Gasteiger partial charge in [-0.15, -0.1) is 0 Å². The second kappa shape index (κ2) is 7.72. The lowest BCUT2D eigenvalue weighted by molar-refractivity contribution is 0.0198. The van der Waals surface area contributed by atoms with E-state index < -0.39 is 5.60 Å². The number of carbonyl (C=O) groups is 1. The predicted molar refractivity (Wildman–Crippen MR) is 131 cm³/mol. The van der Waals surface area contributed by atoms with Gasteiger partial charge >= 0.3 is 6.09 Å². The summed E-state index contributed by atoms with van der Waals surface area (Å²) in [5.74, 6) is -0.263. The molecule has 34 heavy (non-hydrogen) atoms. The van der Waals surface area contributed by atoms with Crippen LogP contribution in [0.3, 0.4) is 0 Å². The molecule has 0 spiro atoms. The van der Waals surface area contributed by atoms with E-state index in [0.29, 0.717) is 24.3 Å². The molecule has 3 aliphatic heterocycles. The zero-order valence-corrected chi connectivity index (χ0v) is 20.8. The minimum Gasteiger partial charge on any atom is -0.444 e. The Balaban J connectivity index is 1.49. The topological polar surface area (TPSA) is 57.7 Å². The van der Waals surface area contributed by atoms with Crippen LogP contribution in [0.15, 0.2) is 53.4 Å². The Morgan fingerprint density at radius 2 is 2.09 bits per heavy atom. The van der Waals surface area contributed by atoms with Crippen molar-refractivity contribution in [2.75, 3.05) is 20.1 Å². The van der Waals surface area contributed by atoms with Gasteiger partial charge in [-0.3, -0.25) is 4.98 Å². The number of carbonyl (C=O) groups excluding carboxylic acids is 1. The molecule has 1 aromatic heterocycles. The molecule has 4 aliphatic rings. The lowest BCUT2D eigenvalue weighted by Gasteiger charge is -2.45. The lowest BCUT2D eigenvalue weighted by Crippen LogP contribution is -2.51. The number of aromatic nitrogens is 1. The molecular weight excluding hydrogens is 431 g/mol. The van der Waals surface area contributed by atoms with E-state index in [2.05, 4.69) is 42.2 Å². The quantitative estimate of drug-likeness (QED) is 0.601. The summed E-state index contributed by atoms with van der Waals surface area (Å²) in [6, 6.07) is 3.74. The summed E-state index contributed by atoms with van der Waals surface area (Å²) in [6.07, 6.45) is 8.11. The van der Waals surface area contributed by atoms with Gasteiger partial charge in [-0.2, -0.15) is 0 Å². The molecule has 2 unspecified atom stereocenters. The second-order valence-corrected chi connectivity index (χ2v) is 11.3. The highest BCUT2D eigenvalue weighted by Crippen LogP contribution is 2.46. The van der Waals surface area contributed by atoms with Crippen molar-refractivity contribution in [1.82, 2.24) is 20.1 Å². The summed E-state index contributed by atoms with van der Waals surface area (Å²) in [5, 5.41) is 3.75. The monoisotopic (exact) mass is 464 g/mol. The first-order valence-corrected chi connectivity index (χ1v) is 11.9. The molecule has 180 valence electrons. The summed E-state index contributed by atoms with van der Waals surface area (Å²) >= 11 is 0. The van der Waals surface area contributed by atoms with Gasteiger partial charge < -0.3 is 19.9 Å². The zero-order chi connectivity index (χ0) is 24.4. The number of nitrogens with zero attached hydrogens (tertiary/aromatic N) is 3. The van der Waals surface area contributed by atoms with E-state index in [0.717, 1.165) is 23.3 Å². The van der Waals surface area contributed by atoms with Gasteiger partial charge in [0, 0.05) is 54.7 Å². The Bertz CT molecular complexity index is 1170. The molecule has 0 saturated heterocycles. The first-order valence-electron chi connectivity index (χ1n) is 11.9. The van der Waals surface area contributed by atoms with Crippen LogP contribution >= 0.6 is 0 Å². The molecule has 1 N–H and O–H groups in total. The molecule has 0 bridgehead atoms. The molecule has 0 aromatic carbocycles. The molecule has 1 aliphatic carbocycles. The maximum Gasteiger partial charge on any atom is 0.410 e. The first kappa shape index (κ1) is 22.7. The summed E-state index contributed by atoms with van der Waals surface area (Å²) in [7, 11) is 2.05. The average molecular weight is 465 g/mol. The predicted octanol–water partition coefficient (Wildman–Crippen LogP) is 4.88. The SMILES string of the molecule is CN1C=C2C=C(F)c3cccnc3C3=C2C1CC(C1=CCN(C(=O)OC(C)(C)C)CC1(C)C)N3. The van der Waals surface area contributed by atoms with Crippen LogP contribution in [0.1, 0.15) is 52.3 Å². The number of rotatable bonds is 1. The van der Waals surface area contributed by atoms with Gasteiger partial charge in [0.25, 0.3) is 0 Å². The normalized spacial score (nSPS) is 25.4. The number of amides is 1. The van der Waals surface area contributed by atoms with Crippen LogP contribution in [0.5, 0.6) is 0 Å². The van der Waals surface area contributed by atoms with Crippen molar-refractivity contribution in [3.05, 3.63) is 64.7 Å². The number of likely N-dealkylation sites (N-methyl/N-ethyl adjacent to an activating group) is 1. The third-order valence-corrected chi connectivity index (χ3v) is 7.04. The largest absolute Gasteiger partial charge is 0.444 e. The van der Waals surface area contributed by atoms with E-state index in [1.807, 2.05) is 27.0 Å². The van der Waals surface area contributed by atoms with Crippen molar-refractivity contribution in [3.8, 4) is 0 Å². The van der Waals surface area contributed by atoms with Crippen LogP contribution in [0.2, 0.25) is 0 Å². The lowest BCUT2D eigenvalue weighted by atomic mass is 9.74. The fourth-order valence-corrected chi connectivity index (χ4v) is 5.63. The van der Waals surface area contributed by atoms with Crippen LogP contribution in [-0.2, 0) is 4.74 Å². The van der Waals surface area contributed by atoms with Crippen molar-refractivity contribution in [2.45, 2.75) is 58.7 Å². The van der Waals surface area contributed by atoms with Crippen molar-refractivity contribution in [3.63, 3.8) is 0 Å². The second-order valence-electron chi connectivity index (χ2n) is 11.3. The molecule has 0 saturated carbocycles. The van der Waals surface area contributed by atoms with Crippen LogP contribution in [0.25, 0.3) is 11.5 Å². The Hall–Kier alpha value is -3.09. The van der Waals surface area contributed by atoms with Crippen molar-refractivity contribution < 1.29 is 13.9 Å². The first-order chi connectivity index (χ1) is 15.9. The summed E-state index contributed by atoms with van der Waals surface area (Å²) in [4.78, 5) is 21.2. The fraction of sp³-hybridized carbons (Fsp3) is 0.481. The molecule has 0 radical (unpaired) electrons. The maximum absolute atomic E-state index is 15.1. The minimum atomic E-state index is -0.528. The van der Waals surface area contributed by atoms with Gasteiger partial charge in [-0.05, 0) is 51.0 Å². The third-order valence-electron chi connectivity index (χ3n) is 7.04. The highest BCUT2D eigenvalue weighted by Gasteiger charge is 2.44. The Labute approximate surface area is 200 Å². The number of fused-ring (bicyclic) bond motifs is 2. The summed E-state index contributed by atoms with van der Waals surface area (Å²) in [5.41, 5.74) is 4.57. The molecule has 2 atom stereocenters. The van der Waals surface area contributed by atoms with Gasteiger partial charge in [-0.1, -0.05) is 19.9 Å². The molecule has 7 heteroatoms. The molecule has 5 rings (SSSR count). The van der Waals surface area contributed by atoms with E-state index in [1.165, 1.54) is 5.57 Å². The van der Waals surface area contributed by atoms with E-state index in [4.69, 9.17) is 4.74 Å². The van der Waals surface area contributed by atoms with Crippen LogP contribution in [0.4, 0.5) is 9.18 Å². The molecule has 6 nitrogen and oxygen atoms in total. The molecule has 4 heterocycles. The van der Waals surface area contributed by atoms with Crippen molar-refractivity contribution in [1.29, 1.82) is 0 Å². The number of hydrogen-bond acceptors (Lipinski definition) is 5. The number of halogens is 1. The van der Waals surface area contributed by atoms with Gasteiger partial charge in [0.2, 0.25) is 0 Å². The van der Waals surface area contributed by atoms with Crippen molar-refractivity contribution >= 4 is 17.6 Å². The Morgan fingerprint density at radius 1 is 1.32 bits per heavy atom. The van der Waals surface area contributed by atoms with Gasteiger partial charge in [0.05, 0.1) is 23.5 Å². The molecule has 1 aromatic rings. The molecular formula is C27H33FN4O2. The Morgan fingerprint density at radius 3 is 2.79 bits per heavy atom. The maximum atomic E-state index is 15.1. The number of hydrogen-bond donors (Lipinski definition) is 1. The highest BCUT2D eigenvalue weighted by molar-refractivity contribution is 5.85. The van der Waals surface area contributed by atoms with E-state index in [-0.39, 0.29) is 29.4 Å². The standard InChI is InChI=1S/C27H33FN4O2/c1-26(2,3)34-25(33)32-11-9-18(27(4,5)15-32)20-13-21-22-16(14-31(21)6)12-19(28)17-8-7-10-29-23(17)24(22)30-20/h7-10,12,14,20-21,30H,11,13,15H2,1-6H3.